The summed E-state index contributed by atoms with van der Waals surface area (Å²) in [6, 6.07) is 8.13. The Balaban J connectivity index is 2.91. The van der Waals surface area contributed by atoms with Crippen LogP contribution in [-0.2, 0) is 9.84 Å². The van der Waals surface area contributed by atoms with Gasteiger partial charge in [-0.3, -0.25) is 0 Å². The van der Waals surface area contributed by atoms with Crippen LogP contribution in [0.15, 0.2) is 46.7 Å². The monoisotopic (exact) mass is 226 g/mol. The van der Waals surface area contributed by atoms with Gasteiger partial charge < -0.3 is 5.11 Å². The Morgan fingerprint density at radius 3 is 2.47 bits per heavy atom. The second-order valence-corrected chi connectivity index (χ2v) is 5.00. The number of aliphatic hydroxyl groups is 1. The van der Waals surface area contributed by atoms with Crippen LogP contribution in [0.4, 0.5) is 0 Å². The largest absolute Gasteiger partial charge is 0.389 e. The van der Waals surface area contributed by atoms with Gasteiger partial charge in [0.1, 0.15) is 0 Å². The quantitative estimate of drug-likeness (QED) is 0.851. The van der Waals surface area contributed by atoms with Crippen LogP contribution in [0.3, 0.4) is 0 Å². The van der Waals surface area contributed by atoms with Crippen LogP contribution in [-0.4, -0.2) is 19.6 Å². The average molecular weight is 226 g/mol. The van der Waals surface area contributed by atoms with E-state index >= 15 is 0 Å². The molecule has 3 nitrogen and oxygen atoms in total. The molecule has 0 amide bonds. The lowest BCUT2D eigenvalue weighted by Gasteiger charge is -2.00. The molecule has 0 bridgehead atoms. The van der Waals surface area contributed by atoms with Gasteiger partial charge in [0.05, 0.1) is 11.0 Å². The van der Waals surface area contributed by atoms with Gasteiger partial charge in [0.2, 0.25) is 0 Å². The van der Waals surface area contributed by atoms with Crippen LogP contribution in [0.2, 0.25) is 0 Å². The Hall–Kier alpha value is -1.13. The summed E-state index contributed by atoms with van der Waals surface area (Å²) in [5, 5.41) is 10.3. The molecule has 0 aliphatic carbocycles. The first-order valence-corrected chi connectivity index (χ1v) is 6.27. The molecule has 0 aliphatic heterocycles. The first kappa shape index (κ1) is 11.9. The molecule has 15 heavy (non-hydrogen) atoms. The SMILES string of the molecule is CCC(O)/C=C/S(=O)(=O)c1ccccc1. The Morgan fingerprint density at radius 2 is 1.93 bits per heavy atom. The zero-order chi connectivity index (χ0) is 11.3. The summed E-state index contributed by atoms with van der Waals surface area (Å²) < 4.78 is 23.3. The fraction of sp³-hybridized carbons (Fsp3) is 0.273. The van der Waals surface area contributed by atoms with Crippen LogP contribution in [0.5, 0.6) is 0 Å². The summed E-state index contributed by atoms with van der Waals surface area (Å²) in [7, 11) is -3.41. The Kier molecular flexibility index (Phi) is 4.05. The van der Waals surface area contributed by atoms with Crippen LogP contribution >= 0.6 is 0 Å². The van der Waals surface area contributed by atoms with Gasteiger partial charge in [-0.15, -0.1) is 0 Å². The van der Waals surface area contributed by atoms with E-state index in [0.29, 0.717) is 6.42 Å². The van der Waals surface area contributed by atoms with E-state index < -0.39 is 15.9 Å². The van der Waals surface area contributed by atoms with Crippen molar-refractivity contribution in [1.82, 2.24) is 0 Å². The number of aliphatic hydroxyl groups excluding tert-OH is 1. The summed E-state index contributed by atoms with van der Waals surface area (Å²) >= 11 is 0. The van der Waals surface area contributed by atoms with Crippen LogP contribution in [0.25, 0.3) is 0 Å². The fourth-order valence-electron chi connectivity index (χ4n) is 1.02. The molecule has 1 N–H and O–H groups in total. The molecule has 0 aromatic heterocycles. The predicted octanol–water partition coefficient (Wildman–Crippen LogP) is 1.74. The van der Waals surface area contributed by atoms with Crippen molar-refractivity contribution < 1.29 is 13.5 Å². The highest BCUT2D eigenvalue weighted by Crippen LogP contribution is 2.11. The maximum atomic E-state index is 11.7. The number of rotatable bonds is 4. The third kappa shape index (κ3) is 3.49. The molecule has 1 atom stereocenters. The molecule has 0 saturated heterocycles. The van der Waals surface area contributed by atoms with Gasteiger partial charge in [0.15, 0.2) is 9.84 Å². The summed E-state index contributed by atoms with van der Waals surface area (Å²) in [5.74, 6) is 0. The zero-order valence-electron chi connectivity index (χ0n) is 8.50. The molecule has 0 spiro atoms. The molecule has 0 fully saturated rings. The van der Waals surface area contributed by atoms with Gasteiger partial charge >= 0.3 is 0 Å². The predicted molar refractivity (Wildman–Crippen MR) is 59.1 cm³/mol. The van der Waals surface area contributed by atoms with E-state index in [1.54, 1.807) is 25.1 Å². The third-order valence-corrected chi connectivity index (χ3v) is 3.41. The van der Waals surface area contributed by atoms with E-state index in [2.05, 4.69) is 0 Å². The first-order chi connectivity index (χ1) is 7.06. The van der Waals surface area contributed by atoms with Crippen molar-refractivity contribution in [1.29, 1.82) is 0 Å². The highest BCUT2D eigenvalue weighted by molar-refractivity contribution is 7.94. The van der Waals surface area contributed by atoms with Gasteiger partial charge in [0, 0.05) is 5.41 Å². The molecule has 0 heterocycles. The van der Waals surface area contributed by atoms with E-state index in [-0.39, 0.29) is 4.90 Å². The Labute approximate surface area is 90.0 Å². The van der Waals surface area contributed by atoms with Crippen molar-refractivity contribution in [3.63, 3.8) is 0 Å². The number of benzene rings is 1. The molecule has 1 aromatic rings. The second kappa shape index (κ2) is 5.09. The summed E-state index contributed by atoms with van der Waals surface area (Å²) in [6.45, 7) is 1.78. The number of sulfone groups is 1. The average Bonchev–Trinajstić information content (AvgIpc) is 2.27. The van der Waals surface area contributed by atoms with Crippen molar-refractivity contribution >= 4 is 9.84 Å². The smallest absolute Gasteiger partial charge is 0.199 e. The molecular weight excluding hydrogens is 212 g/mol. The molecule has 0 saturated carbocycles. The number of hydrogen-bond donors (Lipinski definition) is 1. The lowest BCUT2D eigenvalue weighted by Crippen LogP contribution is -2.02. The van der Waals surface area contributed by atoms with Crippen LogP contribution in [0, 0.1) is 0 Å². The molecule has 0 aliphatic rings. The molecule has 1 rings (SSSR count). The minimum atomic E-state index is -3.41. The first-order valence-electron chi connectivity index (χ1n) is 4.72. The molecule has 1 aromatic carbocycles. The molecule has 1 unspecified atom stereocenters. The molecular formula is C11H14O3S. The molecule has 0 radical (unpaired) electrons. The Bertz CT molecular complexity index is 420. The van der Waals surface area contributed by atoms with Crippen molar-refractivity contribution in [3.8, 4) is 0 Å². The molecule has 82 valence electrons. The minimum Gasteiger partial charge on any atom is -0.389 e. The van der Waals surface area contributed by atoms with Gasteiger partial charge in [-0.25, -0.2) is 8.42 Å². The van der Waals surface area contributed by atoms with Crippen molar-refractivity contribution in [2.75, 3.05) is 0 Å². The third-order valence-electron chi connectivity index (χ3n) is 1.97. The summed E-state index contributed by atoms with van der Waals surface area (Å²) in [5.41, 5.74) is 0. The summed E-state index contributed by atoms with van der Waals surface area (Å²) in [6.07, 6.45) is 1.09. The topological polar surface area (TPSA) is 54.4 Å². The lowest BCUT2D eigenvalue weighted by molar-refractivity contribution is 0.219. The van der Waals surface area contributed by atoms with Crippen LogP contribution < -0.4 is 0 Å². The standard InChI is InChI=1S/C11H14O3S/c1-2-10(12)8-9-15(13,14)11-6-4-3-5-7-11/h3-10,12H,2H2,1H3/b9-8+. The second-order valence-electron chi connectivity index (χ2n) is 3.16. The molecule has 4 heteroatoms. The number of hydrogen-bond acceptors (Lipinski definition) is 3. The highest BCUT2D eigenvalue weighted by atomic mass is 32.2. The summed E-state index contributed by atoms with van der Waals surface area (Å²) in [4.78, 5) is 0.240. The van der Waals surface area contributed by atoms with Crippen molar-refractivity contribution in [2.45, 2.75) is 24.3 Å². The highest BCUT2D eigenvalue weighted by Gasteiger charge is 2.09. The Morgan fingerprint density at radius 1 is 1.33 bits per heavy atom. The van der Waals surface area contributed by atoms with Crippen molar-refractivity contribution in [2.24, 2.45) is 0 Å². The maximum Gasteiger partial charge on any atom is 0.199 e. The zero-order valence-corrected chi connectivity index (χ0v) is 9.31. The van der Waals surface area contributed by atoms with Gasteiger partial charge in [-0.1, -0.05) is 25.1 Å². The van der Waals surface area contributed by atoms with E-state index in [4.69, 9.17) is 0 Å². The van der Waals surface area contributed by atoms with Gasteiger partial charge in [-0.05, 0) is 24.6 Å². The van der Waals surface area contributed by atoms with E-state index in [0.717, 1.165) is 5.41 Å². The lowest BCUT2D eigenvalue weighted by atomic mass is 10.3. The van der Waals surface area contributed by atoms with Crippen LogP contribution in [0.1, 0.15) is 13.3 Å². The minimum absolute atomic E-state index is 0.240. The van der Waals surface area contributed by atoms with Gasteiger partial charge in [-0.2, -0.15) is 0 Å². The van der Waals surface area contributed by atoms with E-state index in [1.807, 2.05) is 0 Å². The normalized spacial score (nSPS) is 14.3. The maximum absolute atomic E-state index is 11.7. The van der Waals surface area contributed by atoms with Gasteiger partial charge in [0.25, 0.3) is 0 Å². The van der Waals surface area contributed by atoms with E-state index in [9.17, 15) is 13.5 Å². The van der Waals surface area contributed by atoms with Crippen molar-refractivity contribution in [3.05, 3.63) is 41.8 Å². The fourth-order valence-corrected chi connectivity index (χ4v) is 2.10. The van der Waals surface area contributed by atoms with E-state index in [1.165, 1.54) is 18.2 Å².